The Kier molecular flexibility index (Phi) is 13.2. The van der Waals surface area contributed by atoms with E-state index < -0.39 is 26.7 Å². The largest absolute Gasteiger partial charge is 0.393 e. The fourth-order valence-electron chi connectivity index (χ4n) is 7.81. The molecule has 0 saturated heterocycles. The molecule has 4 rings (SSSR count). The second kappa shape index (κ2) is 15.7. The number of pyridine rings is 1. The molecule has 0 bridgehead atoms. The van der Waals surface area contributed by atoms with E-state index in [2.05, 4.69) is 51.4 Å². The van der Waals surface area contributed by atoms with Gasteiger partial charge >= 0.3 is 15.2 Å². The molecule has 3 aliphatic rings. The van der Waals surface area contributed by atoms with Crippen molar-refractivity contribution in [3.63, 3.8) is 0 Å². The lowest BCUT2D eigenvalue weighted by molar-refractivity contribution is 0.0928. The molecule has 3 fully saturated rings. The van der Waals surface area contributed by atoms with Gasteiger partial charge in [-0.2, -0.15) is 0 Å². The lowest BCUT2D eigenvalue weighted by Gasteiger charge is -2.44. The monoisotopic (exact) mass is 667 g/mol. The van der Waals surface area contributed by atoms with Crippen LogP contribution in [0, 0.1) is 29.1 Å². The van der Waals surface area contributed by atoms with Gasteiger partial charge in [-0.25, -0.2) is 0 Å². The van der Waals surface area contributed by atoms with E-state index >= 15 is 0 Å². The van der Waals surface area contributed by atoms with Gasteiger partial charge in [0, 0.05) is 18.8 Å². The SMILES string of the molecule is C=C1CC[C@H](O)C/C1=C/C=C1\CCC[C@]2(C)[C@@H]([C@H](C)CCCC(C)C)CC[C@@H]12.O=P(O)(O)C(O)(Cc1cccnc1)P(=O)(O)O. The molecule has 45 heavy (non-hydrogen) atoms. The number of hydrogen-bond acceptors (Lipinski definition) is 5. The van der Waals surface area contributed by atoms with Crippen LogP contribution in [0.3, 0.4) is 0 Å². The molecule has 9 nitrogen and oxygen atoms in total. The number of aliphatic hydroxyl groups excluding tert-OH is 1. The van der Waals surface area contributed by atoms with Gasteiger partial charge in [-0.15, -0.1) is 0 Å². The Balaban J connectivity index is 0.000000279. The molecule has 0 radical (unpaired) electrons. The first kappa shape index (κ1) is 38.0. The van der Waals surface area contributed by atoms with Crippen molar-refractivity contribution in [1.82, 2.24) is 4.98 Å². The van der Waals surface area contributed by atoms with Crippen molar-refractivity contribution in [2.45, 2.75) is 116 Å². The van der Waals surface area contributed by atoms with Crippen molar-refractivity contribution in [1.29, 1.82) is 0 Å². The Morgan fingerprint density at radius 2 is 1.76 bits per heavy atom. The summed E-state index contributed by atoms with van der Waals surface area (Å²) in [5, 5.41) is 16.2. The van der Waals surface area contributed by atoms with Gasteiger partial charge in [0.25, 0.3) is 5.08 Å². The molecule has 1 aromatic rings. The molecule has 1 heterocycles. The topological polar surface area (TPSA) is 168 Å². The van der Waals surface area contributed by atoms with E-state index in [1.165, 1.54) is 80.8 Å². The van der Waals surface area contributed by atoms with Crippen molar-refractivity contribution in [2.75, 3.05) is 0 Å². The second-order valence-electron chi connectivity index (χ2n) is 14.2. The third-order valence-corrected chi connectivity index (χ3v) is 14.2. The first-order chi connectivity index (χ1) is 20.9. The van der Waals surface area contributed by atoms with Gasteiger partial charge < -0.3 is 29.8 Å². The molecule has 3 aliphatic carbocycles. The van der Waals surface area contributed by atoms with Crippen LogP contribution in [0.1, 0.15) is 104 Å². The number of aromatic nitrogens is 1. The predicted molar refractivity (Wildman–Crippen MR) is 178 cm³/mol. The van der Waals surface area contributed by atoms with Crippen LogP contribution in [0.2, 0.25) is 0 Å². The maximum Gasteiger partial charge on any atom is 0.369 e. The molecule has 6 N–H and O–H groups in total. The first-order valence-electron chi connectivity index (χ1n) is 16.4. The quantitative estimate of drug-likeness (QED) is 0.141. The second-order valence-corrected chi connectivity index (χ2v) is 18.2. The Hall–Kier alpha value is -1.41. The van der Waals surface area contributed by atoms with E-state index in [9.17, 15) is 19.3 Å². The fraction of sp³-hybridized carbons (Fsp3) is 0.676. The normalized spacial score (nSPS) is 28.6. The summed E-state index contributed by atoms with van der Waals surface area (Å²) in [4.78, 5) is 39.1. The molecule has 254 valence electrons. The molecule has 11 heteroatoms. The van der Waals surface area contributed by atoms with E-state index in [1.54, 1.807) is 5.57 Å². The lowest BCUT2D eigenvalue weighted by atomic mass is 9.60. The summed E-state index contributed by atoms with van der Waals surface area (Å²) in [6.45, 7) is 14.1. The highest BCUT2D eigenvalue weighted by atomic mass is 31.2. The highest BCUT2D eigenvalue weighted by Gasteiger charge is 2.59. The number of hydrogen-bond donors (Lipinski definition) is 6. The molecular weight excluding hydrogens is 612 g/mol. The van der Waals surface area contributed by atoms with Crippen molar-refractivity contribution >= 4 is 15.2 Å². The standard InChI is InChI=1S/C27H44O.C7H11NO7P2/c1-19(2)8-6-9-21(4)25-15-16-26-22(10-7-17-27(25,26)5)12-13-23-18-24(28)14-11-20(23)3;9-7(16(10,11)12,17(13,14)15)4-6-2-1-3-8-5-6/h12-13,19,21,24-26,28H,3,6-11,14-18H2,1-2,4-5H3;1-3,5,9H,4H2,(H2,10,11,12)(H2,13,14,15)/b22-12+,23-13-;/t21-,24+,25-,26+,27-;/m1./s1. The minimum Gasteiger partial charge on any atom is -0.393 e. The number of allylic oxidation sites excluding steroid dienone is 4. The van der Waals surface area contributed by atoms with Crippen LogP contribution in [0.4, 0.5) is 0 Å². The predicted octanol–water partition coefficient (Wildman–Crippen LogP) is 7.24. The Morgan fingerprint density at radius 3 is 2.36 bits per heavy atom. The lowest BCUT2D eigenvalue weighted by Crippen LogP contribution is -2.36. The highest BCUT2D eigenvalue weighted by Crippen LogP contribution is 2.68. The van der Waals surface area contributed by atoms with Gasteiger partial charge in [-0.1, -0.05) is 82.9 Å². The highest BCUT2D eigenvalue weighted by molar-refractivity contribution is 7.72. The maximum atomic E-state index is 11.0. The van der Waals surface area contributed by atoms with Crippen molar-refractivity contribution in [2.24, 2.45) is 29.1 Å². The first-order valence-corrected chi connectivity index (χ1v) is 19.6. The van der Waals surface area contributed by atoms with Crippen LogP contribution in [-0.2, 0) is 15.6 Å². The summed E-state index contributed by atoms with van der Waals surface area (Å²) in [7, 11) is -10.8. The van der Waals surface area contributed by atoms with Crippen LogP contribution in [0.15, 0.2) is 60.0 Å². The molecule has 1 aromatic heterocycles. The molecule has 3 saturated carbocycles. The Labute approximate surface area is 269 Å². The Bertz CT molecular complexity index is 1280. The summed E-state index contributed by atoms with van der Waals surface area (Å²) >= 11 is 0. The third kappa shape index (κ3) is 9.58. The summed E-state index contributed by atoms with van der Waals surface area (Å²) in [6.07, 6.45) is 19.8. The minimum atomic E-state index is -5.41. The smallest absolute Gasteiger partial charge is 0.369 e. The summed E-state index contributed by atoms with van der Waals surface area (Å²) in [5.41, 5.74) is 4.81. The van der Waals surface area contributed by atoms with E-state index in [-0.39, 0.29) is 11.7 Å². The van der Waals surface area contributed by atoms with Crippen LogP contribution in [-0.4, -0.2) is 46.0 Å². The van der Waals surface area contributed by atoms with Gasteiger partial charge in [0.2, 0.25) is 0 Å². The van der Waals surface area contributed by atoms with Gasteiger partial charge in [-0.05, 0) is 97.7 Å². The number of fused-ring (bicyclic) bond motifs is 1. The zero-order chi connectivity index (χ0) is 33.6. The number of aliphatic hydroxyl groups is 2. The average Bonchev–Trinajstić information content (AvgIpc) is 3.30. The van der Waals surface area contributed by atoms with Crippen LogP contribution in [0.5, 0.6) is 0 Å². The van der Waals surface area contributed by atoms with E-state index in [4.69, 9.17) is 19.6 Å². The van der Waals surface area contributed by atoms with Crippen LogP contribution < -0.4 is 0 Å². The summed E-state index contributed by atoms with van der Waals surface area (Å²) < 4.78 is 22.1. The number of nitrogens with zero attached hydrogens (tertiary/aromatic N) is 1. The van der Waals surface area contributed by atoms with E-state index in [0.717, 1.165) is 49.1 Å². The molecule has 0 unspecified atom stereocenters. The molecule has 0 spiro atoms. The van der Waals surface area contributed by atoms with Crippen LogP contribution in [0.25, 0.3) is 0 Å². The zero-order valence-corrected chi connectivity index (χ0v) is 29.2. The van der Waals surface area contributed by atoms with Gasteiger partial charge in [0.15, 0.2) is 0 Å². The molecule has 0 aromatic carbocycles. The summed E-state index contributed by atoms with van der Waals surface area (Å²) in [5.74, 6) is 3.37. The van der Waals surface area contributed by atoms with Gasteiger partial charge in [0.1, 0.15) is 0 Å². The van der Waals surface area contributed by atoms with Crippen molar-refractivity contribution in [3.8, 4) is 0 Å². The maximum absolute atomic E-state index is 11.0. The zero-order valence-electron chi connectivity index (χ0n) is 27.4. The van der Waals surface area contributed by atoms with E-state index in [1.807, 2.05) is 0 Å². The third-order valence-electron chi connectivity index (χ3n) is 10.5. The fourth-order valence-corrected chi connectivity index (χ4v) is 9.95. The molecule has 0 amide bonds. The summed E-state index contributed by atoms with van der Waals surface area (Å²) in [6, 6.07) is 2.75. The number of rotatable bonds is 10. The van der Waals surface area contributed by atoms with Gasteiger partial charge in [0.05, 0.1) is 6.10 Å². The van der Waals surface area contributed by atoms with Crippen LogP contribution >= 0.6 is 15.2 Å². The Morgan fingerprint density at radius 1 is 1.07 bits per heavy atom. The molecule has 0 aliphatic heterocycles. The van der Waals surface area contributed by atoms with Crippen molar-refractivity contribution in [3.05, 3.63) is 65.5 Å². The van der Waals surface area contributed by atoms with Gasteiger partial charge in [-0.3, -0.25) is 14.1 Å². The van der Waals surface area contributed by atoms with E-state index in [0.29, 0.717) is 5.41 Å². The van der Waals surface area contributed by atoms with Crippen molar-refractivity contribution < 1.29 is 38.9 Å². The average molecular weight is 668 g/mol. The molecule has 5 atom stereocenters. The molecular formula is C34H55NO8P2. The minimum absolute atomic E-state index is 0.0988.